The fourth-order valence-electron chi connectivity index (χ4n) is 2.86. The molecule has 132 valence electrons. The Morgan fingerprint density at radius 1 is 0.364 bits per heavy atom. The zero-order chi connectivity index (χ0) is 17.7. The van der Waals surface area contributed by atoms with Gasteiger partial charge in [-0.1, -0.05) is 83.1 Å². The van der Waals surface area contributed by atoms with Gasteiger partial charge in [-0.05, 0) is 21.7 Å². The first-order chi connectivity index (χ1) is 9.45. The minimum absolute atomic E-state index is 0.317. The number of hydrogen-bond donors (Lipinski definition) is 0. The van der Waals surface area contributed by atoms with Crippen LogP contribution in [0.3, 0.4) is 0 Å². The van der Waals surface area contributed by atoms with Gasteiger partial charge in [-0.15, -0.1) is 0 Å². The van der Waals surface area contributed by atoms with Crippen LogP contribution < -0.4 is 0 Å². The van der Waals surface area contributed by atoms with Gasteiger partial charge in [0.05, 0.1) is 24.4 Å². The Bertz CT molecular complexity index is 296. The maximum absolute atomic E-state index is 5.65. The normalized spacial score (nSPS) is 32.2. The van der Waals surface area contributed by atoms with Crippen molar-refractivity contribution in [1.29, 1.82) is 0 Å². The Morgan fingerprint density at radius 3 is 0.545 bits per heavy atom. The van der Waals surface area contributed by atoms with E-state index in [0.29, 0.717) is 46.1 Å². The summed E-state index contributed by atoms with van der Waals surface area (Å²) in [6.45, 7) is 26.9. The molecule has 0 aliphatic carbocycles. The lowest BCUT2D eigenvalue weighted by atomic mass is 9.81. The summed E-state index contributed by atoms with van der Waals surface area (Å²) >= 11 is 0. The fourth-order valence-corrected chi connectivity index (χ4v) is 2.86. The molecule has 0 aromatic heterocycles. The molecule has 2 fully saturated rings. The minimum atomic E-state index is 0.317. The summed E-state index contributed by atoms with van der Waals surface area (Å²) in [7, 11) is 0. The van der Waals surface area contributed by atoms with Crippen molar-refractivity contribution in [3.05, 3.63) is 0 Å². The first kappa shape index (κ1) is 20.0. The molecule has 0 bridgehead atoms. The maximum atomic E-state index is 5.65. The zero-order valence-electron chi connectivity index (χ0n) is 17.1. The molecule has 0 N–H and O–H groups in total. The van der Waals surface area contributed by atoms with Crippen LogP contribution >= 0.6 is 0 Å². The van der Waals surface area contributed by atoms with Crippen molar-refractivity contribution < 1.29 is 9.47 Å². The van der Waals surface area contributed by atoms with Crippen molar-refractivity contribution in [3.63, 3.8) is 0 Å². The van der Waals surface area contributed by atoms with Gasteiger partial charge in [0.1, 0.15) is 0 Å². The van der Waals surface area contributed by atoms with Crippen LogP contribution in [0.4, 0.5) is 0 Å². The molecule has 0 aromatic rings. The number of hydrogen-bond acceptors (Lipinski definition) is 2. The quantitative estimate of drug-likeness (QED) is 0.537. The number of ether oxygens (including phenoxy) is 2. The smallest absolute Gasteiger partial charge is 0.0895 e. The van der Waals surface area contributed by atoms with Crippen molar-refractivity contribution in [2.24, 2.45) is 21.7 Å². The van der Waals surface area contributed by atoms with Crippen LogP contribution in [0.25, 0.3) is 0 Å². The molecule has 2 saturated heterocycles. The van der Waals surface area contributed by atoms with Gasteiger partial charge in [-0.25, -0.2) is 0 Å². The van der Waals surface area contributed by atoms with Crippen LogP contribution in [-0.4, -0.2) is 24.4 Å². The summed E-state index contributed by atoms with van der Waals surface area (Å²) in [5.41, 5.74) is 1.27. The maximum Gasteiger partial charge on any atom is 0.0895 e. The highest BCUT2D eigenvalue weighted by Crippen LogP contribution is 2.47. The van der Waals surface area contributed by atoms with Crippen LogP contribution in [-0.2, 0) is 9.47 Å². The van der Waals surface area contributed by atoms with E-state index in [2.05, 4.69) is 83.1 Å². The number of epoxide rings is 2. The first-order valence-electron chi connectivity index (χ1n) is 8.76. The van der Waals surface area contributed by atoms with E-state index in [1.807, 2.05) is 0 Å². The van der Waals surface area contributed by atoms with Crippen LogP contribution in [0.5, 0.6) is 0 Å². The summed E-state index contributed by atoms with van der Waals surface area (Å²) in [4.78, 5) is 0. The zero-order valence-corrected chi connectivity index (χ0v) is 17.1. The molecule has 4 atom stereocenters. The first-order valence-corrected chi connectivity index (χ1v) is 8.76. The van der Waals surface area contributed by atoms with Gasteiger partial charge in [0.25, 0.3) is 0 Å². The van der Waals surface area contributed by atoms with E-state index < -0.39 is 0 Å². The van der Waals surface area contributed by atoms with E-state index in [1.54, 1.807) is 0 Å². The lowest BCUT2D eigenvalue weighted by Crippen LogP contribution is -2.23. The van der Waals surface area contributed by atoms with Gasteiger partial charge in [0.2, 0.25) is 0 Å². The predicted octanol–water partition coefficient (Wildman–Crippen LogP) is 5.69. The Labute approximate surface area is 139 Å². The Morgan fingerprint density at radius 2 is 0.500 bits per heavy atom. The van der Waals surface area contributed by atoms with Crippen molar-refractivity contribution in [1.82, 2.24) is 0 Å². The van der Waals surface area contributed by atoms with Crippen molar-refractivity contribution in [2.45, 2.75) is 108 Å². The topological polar surface area (TPSA) is 25.1 Å². The highest BCUT2D eigenvalue weighted by atomic mass is 16.6. The summed E-state index contributed by atoms with van der Waals surface area (Å²) in [6.07, 6.45) is 1.90. The van der Waals surface area contributed by atoms with E-state index >= 15 is 0 Å². The van der Waals surface area contributed by atoms with Gasteiger partial charge < -0.3 is 9.47 Å². The summed E-state index contributed by atoms with van der Waals surface area (Å²) in [6, 6.07) is 0. The highest BCUT2D eigenvalue weighted by molar-refractivity contribution is 5.00. The second-order valence-electron chi connectivity index (χ2n) is 11.4. The molecule has 2 rings (SSSR count). The molecule has 2 nitrogen and oxygen atoms in total. The molecule has 0 aromatic carbocycles. The van der Waals surface area contributed by atoms with E-state index in [0.717, 1.165) is 0 Å². The van der Waals surface area contributed by atoms with Crippen LogP contribution in [0.2, 0.25) is 0 Å². The number of rotatable bonds is 0. The molecule has 2 heterocycles. The molecular weight excluding hydrogens is 272 g/mol. The summed E-state index contributed by atoms with van der Waals surface area (Å²) in [5, 5.41) is 0. The van der Waals surface area contributed by atoms with E-state index in [4.69, 9.17) is 9.47 Å². The highest BCUT2D eigenvalue weighted by Gasteiger charge is 2.53. The van der Waals surface area contributed by atoms with Crippen LogP contribution in [0.15, 0.2) is 0 Å². The molecular formula is C20H40O2. The molecule has 4 unspecified atom stereocenters. The van der Waals surface area contributed by atoms with Gasteiger partial charge in [0.15, 0.2) is 0 Å². The average molecular weight is 313 g/mol. The Hall–Kier alpha value is -0.0800. The van der Waals surface area contributed by atoms with Crippen molar-refractivity contribution >= 4 is 0 Å². The minimum Gasteiger partial charge on any atom is -0.368 e. The van der Waals surface area contributed by atoms with Crippen molar-refractivity contribution in [3.8, 4) is 0 Å². The van der Waals surface area contributed by atoms with Crippen molar-refractivity contribution in [2.75, 3.05) is 0 Å². The second kappa shape index (κ2) is 5.77. The molecule has 22 heavy (non-hydrogen) atoms. The molecule has 0 spiro atoms. The third-order valence-electron chi connectivity index (χ3n) is 4.40. The lowest BCUT2D eigenvalue weighted by molar-refractivity contribution is 0.236. The summed E-state index contributed by atoms with van der Waals surface area (Å²) in [5.74, 6) is 0. The van der Waals surface area contributed by atoms with Crippen LogP contribution in [0, 0.1) is 21.7 Å². The SMILES string of the molecule is CC(C)(C)C1OC1C(C)(C)C.CC(C)(C)C1OC1C(C)(C)C. The van der Waals surface area contributed by atoms with E-state index in [9.17, 15) is 0 Å². The monoisotopic (exact) mass is 312 g/mol. The Balaban J connectivity index is 0.000000220. The standard InChI is InChI=1S/2C10H20O/c2*1-9(2,3)7-8(11-7)10(4,5)6/h2*7-8H,1-6H3. The van der Waals surface area contributed by atoms with Gasteiger partial charge in [-0.2, -0.15) is 0 Å². The van der Waals surface area contributed by atoms with E-state index in [-0.39, 0.29) is 0 Å². The van der Waals surface area contributed by atoms with E-state index in [1.165, 1.54) is 0 Å². The predicted molar refractivity (Wildman–Crippen MR) is 95.1 cm³/mol. The van der Waals surface area contributed by atoms with Gasteiger partial charge in [0, 0.05) is 0 Å². The third kappa shape index (κ3) is 5.53. The summed E-state index contributed by atoms with van der Waals surface area (Å²) < 4.78 is 11.3. The fraction of sp³-hybridized carbons (Fsp3) is 1.00. The molecule has 0 saturated carbocycles. The molecule has 2 aliphatic rings. The third-order valence-corrected chi connectivity index (χ3v) is 4.40. The molecule has 2 heteroatoms. The second-order valence-corrected chi connectivity index (χ2v) is 11.4. The van der Waals surface area contributed by atoms with Gasteiger partial charge in [-0.3, -0.25) is 0 Å². The van der Waals surface area contributed by atoms with Crippen LogP contribution in [0.1, 0.15) is 83.1 Å². The molecule has 2 aliphatic heterocycles. The largest absolute Gasteiger partial charge is 0.368 e. The Kier molecular flexibility index (Phi) is 5.24. The lowest BCUT2D eigenvalue weighted by Gasteiger charge is -2.19. The van der Waals surface area contributed by atoms with Gasteiger partial charge >= 0.3 is 0 Å². The molecule has 0 radical (unpaired) electrons. The molecule has 0 amide bonds. The average Bonchev–Trinajstić information content (AvgIpc) is 3.07.